The van der Waals surface area contributed by atoms with E-state index in [2.05, 4.69) is 10.0 Å². The van der Waals surface area contributed by atoms with Crippen molar-refractivity contribution in [1.29, 1.82) is 0 Å². The first-order chi connectivity index (χ1) is 9.39. The van der Waals surface area contributed by atoms with Crippen molar-refractivity contribution in [2.75, 3.05) is 37.0 Å². The van der Waals surface area contributed by atoms with Gasteiger partial charge in [-0.15, -0.1) is 0 Å². The second-order valence-corrected chi connectivity index (χ2v) is 6.02. The van der Waals surface area contributed by atoms with E-state index in [1.807, 2.05) is 0 Å². The fourth-order valence-corrected chi connectivity index (χ4v) is 2.05. The molecule has 0 aliphatic carbocycles. The molecule has 1 aromatic rings. The van der Waals surface area contributed by atoms with Crippen LogP contribution in [-0.4, -0.2) is 40.3 Å². The van der Waals surface area contributed by atoms with E-state index in [0.717, 1.165) is 0 Å². The number of anilines is 2. The summed E-state index contributed by atoms with van der Waals surface area (Å²) in [6.45, 7) is 2.18. The zero-order valence-electron chi connectivity index (χ0n) is 11.5. The third kappa shape index (κ3) is 4.71. The number of esters is 1. The molecule has 0 unspecified atom stereocenters. The maximum absolute atomic E-state index is 11.6. The van der Waals surface area contributed by atoms with E-state index < -0.39 is 16.0 Å². The molecular formula is C12H19N3O4S. The molecule has 0 aromatic heterocycles. The van der Waals surface area contributed by atoms with Gasteiger partial charge in [0, 0.05) is 6.54 Å². The number of hydrogen-bond donors (Lipinski definition) is 3. The summed E-state index contributed by atoms with van der Waals surface area (Å²) in [5, 5.41) is 2.89. The van der Waals surface area contributed by atoms with Gasteiger partial charge in [-0.25, -0.2) is 17.9 Å². The largest absolute Gasteiger partial charge is 0.462 e. The van der Waals surface area contributed by atoms with Gasteiger partial charge in [0.15, 0.2) is 0 Å². The van der Waals surface area contributed by atoms with E-state index >= 15 is 0 Å². The predicted octanol–water partition coefficient (Wildman–Crippen LogP) is 0.407. The lowest BCUT2D eigenvalue weighted by molar-refractivity contribution is 0.0526. The van der Waals surface area contributed by atoms with Crippen LogP contribution in [0.3, 0.4) is 0 Å². The molecular weight excluding hydrogens is 282 g/mol. The lowest BCUT2D eigenvalue weighted by Gasteiger charge is -2.11. The Bertz CT molecular complexity index is 572. The number of sulfonamides is 1. The molecule has 0 heterocycles. The average Bonchev–Trinajstić information content (AvgIpc) is 2.41. The Hall–Kier alpha value is -1.80. The van der Waals surface area contributed by atoms with Crippen molar-refractivity contribution in [3.8, 4) is 0 Å². The number of nitrogen functional groups attached to an aromatic ring is 1. The lowest BCUT2D eigenvalue weighted by atomic mass is 10.1. The standard InChI is InChI=1S/C12H19N3O4S/c1-3-19-12(16)9-4-5-10(13)11(8-9)15-6-7-20(17,18)14-2/h4-5,8,14-15H,3,6-7,13H2,1-2H3. The average molecular weight is 301 g/mol. The first-order valence-electron chi connectivity index (χ1n) is 6.11. The molecule has 0 bridgehead atoms. The van der Waals surface area contributed by atoms with Crippen LogP contribution in [0.5, 0.6) is 0 Å². The van der Waals surface area contributed by atoms with Crippen LogP contribution in [0.2, 0.25) is 0 Å². The van der Waals surface area contributed by atoms with Gasteiger partial charge >= 0.3 is 5.97 Å². The van der Waals surface area contributed by atoms with Crippen LogP contribution in [0.25, 0.3) is 0 Å². The minimum absolute atomic E-state index is 0.0907. The van der Waals surface area contributed by atoms with Crippen LogP contribution >= 0.6 is 0 Å². The van der Waals surface area contributed by atoms with Gasteiger partial charge < -0.3 is 15.8 Å². The molecule has 0 spiro atoms. The number of nitrogens with two attached hydrogens (primary N) is 1. The normalized spacial score (nSPS) is 11.1. The summed E-state index contributed by atoms with van der Waals surface area (Å²) in [6.07, 6.45) is 0. The van der Waals surface area contributed by atoms with Gasteiger partial charge in [0.2, 0.25) is 10.0 Å². The van der Waals surface area contributed by atoms with Gasteiger partial charge in [0.25, 0.3) is 0 Å². The van der Waals surface area contributed by atoms with E-state index in [0.29, 0.717) is 16.9 Å². The number of carbonyl (C=O) groups excluding carboxylic acids is 1. The Kier molecular flexibility index (Phi) is 5.78. The maximum Gasteiger partial charge on any atom is 0.338 e. The second-order valence-electron chi connectivity index (χ2n) is 3.97. The highest BCUT2D eigenvalue weighted by Crippen LogP contribution is 2.20. The molecule has 112 valence electrons. The monoisotopic (exact) mass is 301 g/mol. The molecule has 7 nitrogen and oxygen atoms in total. The molecule has 20 heavy (non-hydrogen) atoms. The Balaban J connectivity index is 2.75. The van der Waals surface area contributed by atoms with Gasteiger partial charge in [-0.05, 0) is 32.2 Å². The van der Waals surface area contributed by atoms with E-state index in [1.54, 1.807) is 25.1 Å². The van der Waals surface area contributed by atoms with Crippen molar-refractivity contribution in [2.24, 2.45) is 0 Å². The number of rotatable bonds is 7. The number of benzene rings is 1. The smallest absolute Gasteiger partial charge is 0.338 e. The summed E-state index contributed by atoms with van der Waals surface area (Å²) < 4.78 is 29.7. The van der Waals surface area contributed by atoms with Crippen molar-refractivity contribution < 1.29 is 17.9 Å². The third-order valence-electron chi connectivity index (χ3n) is 2.56. The second kappa shape index (κ2) is 7.11. The van der Waals surface area contributed by atoms with E-state index in [1.165, 1.54) is 7.05 Å². The minimum atomic E-state index is -3.28. The van der Waals surface area contributed by atoms with Gasteiger partial charge in [-0.3, -0.25) is 0 Å². The predicted molar refractivity (Wildman–Crippen MR) is 78.1 cm³/mol. The highest BCUT2D eigenvalue weighted by Gasteiger charge is 2.10. The summed E-state index contributed by atoms with van der Waals surface area (Å²) in [4.78, 5) is 11.6. The Morgan fingerprint density at radius 3 is 2.70 bits per heavy atom. The van der Waals surface area contributed by atoms with E-state index in [4.69, 9.17) is 10.5 Å². The molecule has 0 fully saturated rings. The van der Waals surface area contributed by atoms with Gasteiger partial charge in [-0.2, -0.15) is 0 Å². The summed E-state index contributed by atoms with van der Waals surface area (Å²) in [5.41, 5.74) is 7.06. The fraction of sp³-hybridized carbons (Fsp3) is 0.417. The van der Waals surface area contributed by atoms with Crippen LogP contribution in [0.4, 0.5) is 11.4 Å². The minimum Gasteiger partial charge on any atom is -0.462 e. The van der Waals surface area contributed by atoms with Crippen molar-refractivity contribution in [3.63, 3.8) is 0 Å². The van der Waals surface area contributed by atoms with Crippen molar-refractivity contribution >= 4 is 27.4 Å². The SMILES string of the molecule is CCOC(=O)c1ccc(N)c(NCCS(=O)(=O)NC)c1. The Morgan fingerprint density at radius 2 is 2.10 bits per heavy atom. The van der Waals surface area contributed by atoms with Crippen LogP contribution in [0.15, 0.2) is 18.2 Å². The van der Waals surface area contributed by atoms with Crippen LogP contribution < -0.4 is 15.8 Å². The number of hydrogen-bond acceptors (Lipinski definition) is 6. The summed E-state index contributed by atoms with van der Waals surface area (Å²) in [5.74, 6) is -0.537. The Labute approximate surface area is 118 Å². The van der Waals surface area contributed by atoms with Crippen molar-refractivity contribution in [3.05, 3.63) is 23.8 Å². The van der Waals surface area contributed by atoms with Gasteiger partial charge in [0.05, 0.1) is 29.3 Å². The first-order valence-corrected chi connectivity index (χ1v) is 7.76. The number of carbonyl (C=O) groups is 1. The molecule has 1 rings (SSSR count). The molecule has 0 aliphatic rings. The molecule has 8 heteroatoms. The zero-order chi connectivity index (χ0) is 15.2. The Morgan fingerprint density at radius 1 is 1.40 bits per heavy atom. The molecule has 4 N–H and O–H groups in total. The van der Waals surface area contributed by atoms with Gasteiger partial charge in [0.1, 0.15) is 0 Å². The molecule has 0 saturated carbocycles. The maximum atomic E-state index is 11.6. The fourth-order valence-electron chi connectivity index (χ4n) is 1.47. The summed E-state index contributed by atoms with van der Waals surface area (Å²) in [6, 6.07) is 4.67. The van der Waals surface area contributed by atoms with Gasteiger partial charge in [-0.1, -0.05) is 0 Å². The molecule has 0 atom stereocenters. The summed E-state index contributed by atoms with van der Waals surface area (Å²) in [7, 11) is -1.93. The highest BCUT2D eigenvalue weighted by molar-refractivity contribution is 7.89. The molecule has 0 radical (unpaired) electrons. The molecule has 0 amide bonds. The van der Waals surface area contributed by atoms with Crippen molar-refractivity contribution in [1.82, 2.24) is 4.72 Å². The van der Waals surface area contributed by atoms with Crippen LogP contribution in [0.1, 0.15) is 17.3 Å². The third-order valence-corrected chi connectivity index (χ3v) is 3.93. The molecule has 0 saturated heterocycles. The zero-order valence-corrected chi connectivity index (χ0v) is 12.3. The first kappa shape index (κ1) is 16.3. The molecule has 1 aromatic carbocycles. The van der Waals surface area contributed by atoms with E-state index in [9.17, 15) is 13.2 Å². The van der Waals surface area contributed by atoms with E-state index in [-0.39, 0.29) is 18.9 Å². The topological polar surface area (TPSA) is 111 Å². The quantitative estimate of drug-likeness (QED) is 0.497. The van der Waals surface area contributed by atoms with Crippen LogP contribution in [0, 0.1) is 0 Å². The number of ether oxygens (including phenoxy) is 1. The highest BCUT2D eigenvalue weighted by atomic mass is 32.2. The number of nitrogens with one attached hydrogen (secondary N) is 2. The molecule has 0 aliphatic heterocycles. The van der Waals surface area contributed by atoms with Crippen LogP contribution in [-0.2, 0) is 14.8 Å². The summed E-state index contributed by atoms with van der Waals surface area (Å²) >= 11 is 0. The lowest BCUT2D eigenvalue weighted by Crippen LogP contribution is -2.26. The van der Waals surface area contributed by atoms with Crippen molar-refractivity contribution in [2.45, 2.75) is 6.92 Å².